The van der Waals surface area contributed by atoms with E-state index < -0.39 is 28.8 Å². The Hall–Kier alpha value is -1.23. The monoisotopic (exact) mass is 967 g/mol. The molecule has 2 N–H and O–H groups in total. The lowest BCUT2D eigenvalue weighted by atomic mass is 10.2. The maximum Gasteiger partial charge on any atom is 0.307 e. The van der Waals surface area contributed by atoms with E-state index in [0.717, 1.165) is 64.2 Å². The summed E-state index contributed by atoms with van der Waals surface area (Å²) in [4.78, 5) is 34.0. The van der Waals surface area contributed by atoms with E-state index in [-0.39, 0.29) is 37.2 Å². The second kappa shape index (κ2) is 31.1. The Bertz CT molecular complexity index is 1220. The van der Waals surface area contributed by atoms with Crippen molar-refractivity contribution in [2.75, 3.05) is 172 Å². The molecule has 65 heavy (non-hydrogen) atoms. The van der Waals surface area contributed by atoms with Crippen molar-refractivity contribution in [3.05, 3.63) is 0 Å². The number of rotatable bonds is 40. The van der Waals surface area contributed by atoms with E-state index >= 15 is 0 Å². The molecule has 0 saturated carbocycles. The molecular formula is C44H86N4O15Si2. The van der Waals surface area contributed by atoms with Gasteiger partial charge in [0.1, 0.15) is 13.2 Å². The van der Waals surface area contributed by atoms with Crippen molar-refractivity contribution >= 4 is 28.6 Å². The predicted molar refractivity (Wildman–Crippen MR) is 248 cm³/mol. The highest BCUT2D eigenvalue weighted by Gasteiger charge is 2.52. The van der Waals surface area contributed by atoms with Gasteiger partial charge in [0, 0.05) is 104 Å². The zero-order valence-electron chi connectivity index (χ0n) is 40.7. The highest BCUT2D eigenvalue weighted by molar-refractivity contribution is 6.84. The zero-order valence-corrected chi connectivity index (χ0v) is 42.7. The van der Waals surface area contributed by atoms with Crippen LogP contribution in [-0.2, 0) is 61.1 Å². The van der Waals surface area contributed by atoms with Gasteiger partial charge in [-0.3, -0.25) is 29.2 Å². The smallest absolute Gasteiger partial charge is 0.307 e. The second-order valence-electron chi connectivity index (χ2n) is 18.8. The molecule has 4 aliphatic heterocycles. The van der Waals surface area contributed by atoms with E-state index in [9.17, 15) is 19.8 Å². The predicted octanol–water partition coefficient (Wildman–Crippen LogP) is 0.911. The number of carbonyl (C=O) groups is 2. The number of hydrogen-bond donors (Lipinski definition) is 2. The first-order chi connectivity index (χ1) is 31.3. The third kappa shape index (κ3) is 23.8. The van der Waals surface area contributed by atoms with Crippen LogP contribution in [0.25, 0.3) is 0 Å². The van der Waals surface area contributed by atoms with E-state index in [1.54, 1.807) is 14.2 Å². The van der Waals surface area contributed by atoms with Crippen molar-refractivity contribution in [1.82, 2.24) is 19.6 Å². The minimum Gasteiger partial charge on any atom is -0.463 e. The lowest BCUT2D eigenvalue weighted by Crippen LogP contribution is -2.44. The van der Waals surface area contributed by atoms with Gasteiger partial charge in [0.2, 0.25) is 0 Å². The number of ether oxygens (including phenoxy) is 10. The molecule has 0 radical (unpaired) electrons. The van der Waals surface area contributed by atoms with Crippen LogP contribution in [0.2, 0.25) is 38.3 Å². The summed E-state index contributed by atoms with van der Waals surface area (Å²) in [7, 11) is -0.543. The van der Waals surface area contributed by atoms with Crippen LogP contribution in [0.1, 0.15) is 25.7 Å². The standard InChI is InChI=1S/C44H86N4O15Si2/c1-53-15-17-55-19-21-57-23-25-61-43(51)29-39-41-33-45(9-11-47(39)41)31-37(49)35-59-13-7-27-64(3,4)63-65(5,6)28-8-14-60-36-38(50)32-46-10-12-48-40(42(48)34-46)30-44(52)62-26-24-58-22-20-56-18-16-54-2/h37-42,49-50H,7-36H2,1-6H3. The number of piperazine rings is 2. The Morgan fingerprint density at radius 1 is 0.523 bits per heavy atom. The van der Waals surface area contributed by atoms with Crippen molar-refractivity contribution < 1.29 is 71.3 Å². The molecule has 0 spiro atoms. The number of β-amino-alcohol motifs (C(OH)–C–C–N with tert-alkyl or cyclic N) is 2. The molecule has 4 saturated heterocycles. The molecule has 0 bridgehead atoms. The molecule has 0 aromatic heterocycles. The quantitative estimate of drug-likeness (QED) is 0.0382. The first-order valence-electron chi connectivity index (χ1n) is 24.1. The van der Waals surface area contributed by atoms with Crippen molar-refractivity contribution in [3.63, 3.8) is 0 Å². The Labute approximate surface area is 391 Å². The SMILES string of the molecule is COCCOCCOCCOC(=O)CC1C2CN(CC(O)COCCC[Si](C)(C)O[Si](C)(C)CCCOCC(O)CN3CCN4C(CC(=O)OCCOCCOCCOC)C4C3)CCN12. The molecule has 0 aromatic carbocycles. The Morgan fingerprint density at radius 2 is 0.892 bits per heavy atom. The third-order valence-electron chi connectivity index (χ3n) is 12.2. The lowest BCUT2D eigenvalue weighted by Gasteiger charge is -2.34. The summed E-state index contributed by atoms with van der Waals surface area (Å²) in [5.41, 5.74) is 0. The molecular weight excluding hydrogens is 881 g/mol. The fourth-order valence-electron chi connectivity index (χ4n) is 8.97. The molecule has 0 aromatic rings. The van der Waals surface area contributed by atoms with Crippen LogP contribution in [0.5, 0.6) is 0 Å². The Morgan fingerprint density at radius 3 is 1.28 bits per heavy atom. The summed E-state index contributed by atoms with van der Waals surface area (Å²) in [5, 5.41) is 21.4. The lowest BCUT2D eigenvalue weighted by molar-refractivity contribution is -0.146. The van der Waals surface area contributed by atoms with E-state index in [4.69, 9.17) is 51.5 Å². The van der Waals surface area contributed by atoms with Gasteiger partial charge in [-0.15, -0.1) is 0 Å². The van der Waals surface area contributed by atoms with Crippen LogP contribution in [-0.4, -0.2) is 267 Å². The van der Waals surface area contributed by atoms with Crippen molar-refractivity contribution in [3.8, 4) is 0 Å². The topological polar surface area (TPSA) is 189 Å². The Balaban J connectivity index is 0.941. The van der Waals surface area contributed by atoms with Gasteiger partial charge in [-0.1, -0.05) is 0 Å². The molecule has 4 fully saturated rings. The Kier molecular flexibility index (Phi) is 27.0. The number of fused-ring (bicyclic) bond motifs is 2. The minimum atomic E-state index is -1.90. The summed E-state index contributed by atoms with van der Waals surface area (Å²) in [6, 6.07) is 3.05. The van der Waals surface area contributed by atoms with Gasteiger partial charge in [-0.2, -0.15) is 0 Å². The summed E-state index contributed by atoms with van der Waals surface area (Å²) >= 11 is 0. The van der Waals surface area contributed by atoms with Crippen LogP contribution < -0.4 is 0 Å². The molecule has 8 atom stereocenters. The number of aliphatic hydroxyl groups excluding tert-OH is 2. The van der Waals surface area contributed by atoms with Gasteiger partial charge in [0.25, 0.3) is 0 Å². The van der Waals surface area contributed by atoms with E-state index in [0.29, 0.717) is 131 Å². The first-order valence-corrected chi connectivity index (χ1v) is 30.3. The average molecular weight is 967 g/mol. The maximum atomic E-state index is 12.4. The van der Waals surface area contributed by atoms with Gasteiger partial charge in [0.15, 0.2) is 16.6 Å². The van der Waals surface area contributed by atoms with Crippen molar-refractivity contribution in [2.45, 2.75) is 100 Å². The second-order valence-corrected chi connectivity index (χ2v) is 27.7. The van der Waals surface area contributed by atoms with Crippen LogP contribution in [0, 0.1) is 0 Å². The molecule has 4 rings (SSSR count). The van der Waals surface area contributed by atoms with Crippen LogP contribution in [0.15, 0.2) is 0 Å². The fraction of sp³-hybridized carbons (Fsp3) is 0.955. The summed E-state index contributed by atoms with van der Waals surface area (Å²) in [5.74, 6) is -0.398. The van der Waals surface area contributed by atoms with Gasteiger partial charge in [-0.05, 0) is 51.1 Å². The number of carbonyl (C=O) groups excluding carboxylic acids is 2. The molecule has 21 heteroatoms. The highest BCUT2D eigenvalue weighted by Crippen LogP contribution is 2.35. The highest BCUT2D eigenvalue weighted by atomic mass is 28.4. The van der Waals surface area contributed by atoms with E-state index in [1.807, 2.05) is 0 Å². The fourth-order valence-corrected chi connectivity index (χ4v) is 17.8. The first kappa shape index (κ1) is 56.4. The molecule has 8 unspecified atom stereocenters. The van der Waals surface area contributed by atoms with Crippen LogP contribution in [0.4, 0.5) is 0 Å². The number of esters is 2. The van der Waals surface area contributed by atoms with Gasteiger partial charge < -0.3 is 61.7 Å². The maximum absolute atomic E-state index is 12.4. The molecule has 4 aliphatic rings. The van der Waals surface area contributed by atoms with Gasteiger partial charge in [-0.25, -0.2) is 0 Å². The summed E-state index contributed by atoms with van der Waals surface area (Å²) < 4.78 is 60.8. The molecule has 19 nitrogen and oxygen atoms in total. The van der Waals surface area contributed by atoms with Crippen molar-refractivity contribution in [2.24, 2.45) is 0 Å². The summed E-state index contributed by atoms with van der Waals surface area (Å²) in [6.45, 7) is 22.4. The number of aliphatic hydroxyl groups is 2. The molecule has 380 valence electrons. The number of methoxy groups -OCH3 is 2. The molecule has 0 amide bonds. The molecule has 4 heterocycles. The number of nitrogens with zero attached hydrogens (tertiary/aromatic N) is 4. The van der Waals surface area contributed by atoms with Crippen molar-refractivity contribution in [1.29, 1.82) is 0 Å². The minimum absolute atomic E-state index is 0.199. The average Bonchev–Trinajstić information content (AvgIpc) is 4.14. The van der Waals surface area contributed by atoms with E-state index in [1.165, 1.54) is 0 Å². The van der Waals surface area contributed by atoms with Gasteiger partial charge >= 0.3 is 11.9 Å². The third-order valence-corrected chi connectivity index (χ3v) is 19.8. The number of hydrogen-bond acceptors (Lipinski definition) is 19. The normalized spacial score (nSPS) is 24.3. The zero-order chi connectivity index (χ0) is 46.9. The van der Waals surface area contributed by atoms with E-state index in [2.05, 4.69) is 45.8 Å². The molecule has 0 aliphatic carbocycles. The van der Waals surface area contributed by atoms with Crippen LogP contribution >= 0.6 is 0 Å². The largest absolute Gasteiger partial charge is 0.463 e. The van der Waals surface area contributed by atoms with Gasteiger partial charge in [0.05, 0.1) is 104 Å². The van der Waals surface area contributed by atoms with Crippen LogP contribution in [0.3, 0.4) is 0 Å². The summed E-state index contributed by atoms with van der Waals surface area (Å²) in [6.07, 6.45) is 1.44.